The number of hydrogen-bond donors (Lipinski definition) is 2. The Balaban J connectivity index is 0.00000280. The van der Waals surface area contributed by atoms with Crippen LogP contribution in [0.3, 0.4) is 0 Å². The van der Waals surface area contributed by atoms with Crippen LogP contribution in [0.2, 0.25) is 0 Å². The fourth-order valence-electron chi connectivity index (χ4n) is 3.64. The second-order valence-electron chi connectivity index (χ2n) is 7.96. The monoisotopic (exact) mass is 503 g/mol. The Morgan fingerprint density at radius 2 is 2.14 bits per heavy atom. The Kier molecular flexibility index (Phi) is 9.30. The molecular weight excluding hydrogens is 469 g/mol. The smallest absolute Gasteiger partial charge is 0.191 e. The summed E-state index contributed by atoms with van der Waals surface area (Å²) in [6, 6.07) is 8.40. The maximum Gasteiger partial charge on any atom is 0.191 e. The van der Waals surface area contributed by atoms with Gasteiger partial charge in [-0.3, -0.25) is 4.99 Å². The maximum absolute atomic E-state index is 6.11. The van der Waals surface area contributed by atoms with Crippen LogP contribution in [0.5, 0.6) is 5.75 Å². The summed E-state index contributed by atoms with van der Waals surface area (Å²) >= 11 is 0. The highest BCUT2D eigenvalue weighted by Gasteiger charge is 2.33. The molecule has 0 spiro atoms. The van der Waals surface area contributed by atoms with Crippen LogP contribution in [-0.4, -0.2) is 51.6 Å². The predicted octanol–water partition coefficient (Wildman–Crippen LogP) is 3.52. The minimum Gasteiger partial charge on any atom is -0.487 e. The van der Waals surface area contributed by atoms with Crippen LogP contribution in [0, 0.1) is 5.92 Å². The van der Waals surface area contributed by atoms with Crippen molar-refractivity contribution in [2.45, 2.75) is 44.8 Å². The van der Waals surface area contributed by atoms with E-state index in [1.807, 2.05) is 19.2 Å². The highest BCUT2D eigenvalue weighted by atomic mass is 127. The van der Waals surface area contributed by atoms with Crippen LogP contribution in [0.25, 0.3) is 0 Å². The molecule has 158 valence electrons. The number of benzene rings is 1. The van der Waals surface area contributed by atoms with Crippen molar-refractivity contribution in [3.63, 3.8) is 0 Å². The number of guanidine groups is 1. The van der Waals surface area contributed by atoms with Crippen molar-refractivity contribution in [1.82, 2.24) is 10.6 Å². The van der Waals surface area contributed by atoms with Crippen LogP contribution in [0.4, 0.5) is 0 Å². The van der Waals surface area contributed by atoms with Gasteiger partial charge in [0.05, 0.1) is 19.3 Å². The van der Waals surface area contributed by atoms with Crippen LogP contribution >= 0.6 is 24.0 Å². The zero-order valence-electron chi connectivity index (χ0n) is 17.2. The molecule has 1 saturated heterocycles. The molecule has 0 amide bonds. The Bertz CT molecular complexity index is 633. The van der Waals surface area contributed by atoms with E-state index in [9.17, 15) is 0 Å². The number of nitrogens with one attached hydrogen (secondary N) is 2. The standard InChI is InChI=1S/C21H33N3O3.HI/c1-21(2)13-18(17-7-4-5-8-19(17)27-21)24-20(22-3)23-10-6-11-25-14-16-9-12-26-15-16;/h4-5,7-8,16,18H,6,9-15H2,1-3H3,(H2,22,23,24);1H. The third-order valence-electron chi connectivity index (χ3n) is 5.05. The van der Waals surface area contributed by atoms with Crippen LogP contribution in [-0.2, 0) is 9.47 Å². The first-order chi connectivity index (χ1) is 13.1. The third-order valence-corrected chi connectivity index (χ3v) is 5.05. The van der Waals surface area contributed by atoms with Gasteiger partial charge in [-0.05, 0) is 32.8 Å². The molecule has 2 aliphatic heterocycles. The molecule has 1 aromatic carbocycles. The van der Waals surface area contributed by atoms with Crippen LogP contribution < -0.4 is 15.4 Å². The number of nitrogens with zero attached hydrogens (tertiary/aromatic N) is 1. The molecule has 2 unspecified atom stereocenters. The van der Waals surface area contributed by atoms with Crippen molar-refractivity contribution >= 4 is 29.9 Å². The van der Waals surface area contributed by atoms with Crippen LogP contribution in [0.15, 0.2) is 29.3 Å². The molecule has 2 heterocycles. The maximum atomic E-state index is 6.11. The average molecular weight is 503 g/mol. The first-order valence-electron chi connectivity index (χ1n) is 9.98. The quantitative estimate of drug-likeness (QED) is 0.258. The Morgan fingerprint density at radius 3 is 2.89 bits per heavy atom. The van der Waals surface area contributed by atoms with Gasteiger partial charge in [0.1, 0.15) is 11.4 Å². The van der Waals surface area contributed by atoms with E-state index in [1.165, 1.54) is 5.56 Å². The van der Waals surface area contributed by atoms with Gasteiger partial charge < -0.3 is 24.8 Å². The fraction of sp³-hybridized carbons (Fsp3) is 0.667. The number of hydrogen-bond acceptors (Lipinski definition) is 4. The SMILES string of the molecule is CN=C(NCCCOCC1CCOC1)NC1CC(C)(C)Oc2ccccc21.I. The molecule has 0 aromatic heterocycles. The minimum absolute atomic E-state index is 0. The summed E-state index contributed by atoms with van der Waals surface area (Å²) in [5, 5.41) is 6.95. The number of halogens is 1. The van der Waals surface area contributed by atoms with Gasteiger partial charge in [0.15, 0.2) is 5.96 Å². The molecule has 28 heavy (non-hydrogen) atoms. The molecule has 2 atom stereocenters. The first kappa shape index (κ1) is 23.2. The van der Waals surface area contributed by atoms with Gasteiger partial charge >= 0.3 is 0 Å². The zero-order chi connectivity index (χ0) is 19.1. The number of aliphatic imine (C=N–C) groups is 1. The fourth-order valence-corrected chi connectivity index (χ4v) is 3.64. The van der Waals surface area contributed by atoms with Crippen molar-refractivity contribution in [2.24, 2.45) is 10.9 Å². The molecular formula is C21H34IN3O3. The summed E-state index contributed by atoms with van der Waals surface area (Å²) in [5.41, 5.74) is 0.977. The molecule has 0 bridgehead atoms. The van der Waals surface area contributed by atoms with E-state index in [-0.39, 0.29) is 35.6 Å². The molecule has 3 rings (SSSR count). The summed E-state index contributed by atoms with van der Waals surface area (Å²) in [7, 11) is 1.81. The number of ether oxygens (including phenoxy) is 3. The van der Waals surface area contributed by atoms with E-state index >= 15 is 0 Å². The molecule has 7 heteroatoms. The van der Waals surface area contributed by atoms with E-state index in [1.54, 1.807) is 0 Å². The number of rotatable bonds is 7. The lowest BCUT2D eigenvalue weighted by Crippen LogP contribution is -2.45. The van der Waals surface area contributed by atoms with Gasteiger partial charge in [-0.25, -0.2) is 0 Å². The van der Waals surface area contributed by atoms with E-state index in [2.05, 4.69) is 41.6 Å². The Morgan fingerprint density at radius 1 is 1.32 bits per heavy atom. The summed E-state index contributed by atoms with van der Waals surface area (Å²) in [4.78, 5) is 4.38. The minimum atomic E-state index is -0.206. The second kappa shape index (κ2) is 11.2. The van der Waals surface area contributed by atoms with Crippen LogP contribution in [0.1, 0.15) is 44.7 Å². The first-order valence-corrected chi connectivity index (χ1v) is 9.98. The molecule has 0 saturated carbocycles. The molecule has 1 fully saturated rings. The molecule has 0 radical (unpaired) electrons. The van der Waals surface area contributed by atoms with Gasteiger partial charge in [0.2, 0.25) is 0 Å². The van der Waals surface area contributed by atoms with Crippen molar-refractivity contribution in [3.05, 3.63) is 29.8 Å². The molecule has 2 N–H and O–H groups in total. The van der Waals surface area contributed by atoms with Gasteiger partial charge in [0.25, 0.3) is 0 Å². The van der Waals surface area contributed by atoms with E-state index in [0.29, 0.717) is 5.92 Å². The summed E-state index contributed by atoms with van der Waals surface area (Å²) < 4.78 is 17.2. The lowest BCUT2D eigenvalue weighted by molar-refractivity contribution is 0.0694. The summed E-state index contributed by atoms with van der Waals surface area (Å²) in [6.45, 7) is 8.37. The summed E-state index contributed by atoms with van der Waals surface area (Å²) in [6.07, 6.45) is 2.96. The highest BCUT2D eigenvalue weighted by molar-refractivity contribution is 14.0. The lowest BCUT2D eigenvalue weighted by Gasteiger charge is -2.38. The van der Waals surface area contributed by atoms with Gasteiger partial charge in [-0.1, -0.05) is 18.2 Å². The van der Waals surface area contributed by atoms with Crippen molar-refractivity contribution < 1.29 is 14.2 Å². The van der Waals surface area contributed by atoms with Gasteiger partial charge in [0, 0.05) is 44.7 Å². The Hall–Kier alpha value is -1.06. The molecule has 2 aliphatic rings. The third kappa shape index (κ3) is 6.77. The lowest BCUT2D eigenvalue weighted by atomic mass is 9.90. The van der Waals surface area contributed by atoms with Crippen molar-refractivity contribution in [1.29, 1.82) is 0 Å². The van der Waals surface area contributed by atoms with E-state index < -0.39 is 0 Å². The Labute approximate surface area is 185 Å². The average Bonchev–Trinajstić information content (AvgIpc) is 3.16. The zero-order valence-corrected chi connectivity index (χ0v) is 19.5. The van der Waals surface area contributed by atoms with E-state index in [4.69, 9.17) is 14.2 Å². The summed E-state index contributed by atoms with van der Waals surface area (Å²) in [5.74, 6) is 2.34. The molecule has 0 aliphatic carbocycles. The number of fused-ring (bicyclic) bond motifs is 1. The van der Waals surface area contributed by atoms with Gasteiger partial charge in [-0.15, -0.1) is 24.0 Å². The number of para-hydroxylation sites is 1. The predicted molar refractivity (Wildman–Crippen MR) is 123 cm³/mol. The largest absolute Gasteiger partial charge is 0.487 e. The van der Waals surface area contributed by atoms with E-state index in [0.717, 1.165) is 63.9 Å². The topological polar surface area (TPSA) is 64.1 Å². The van der Waals surface area contributed by atoms with Gasteiger partial charge in [-0.2, -0.15) is 0 Å². The highest BCUT2D eigenvalue weighted by Crippen LogP contribution is 2.39. The normalized spacial score (nSPS) is 23.3. The van der Waals surface area contributed by atoms with Crippen molar-refractivity contribution in [3.8, 4) is 5.75 Å². The van der Waals surface area contributed by atoms with Crippen molar-refractivity contribution in [2.75, 3.05) is 40.0 Å². The molecule has 6 nitrogen and oxygen atoms in total. The molecule has 1 aromatic rings. The second-order valence-corrected chi connectivity index (χ2v) is 7.96.